The second-order valence-electron chi connectivity index (χ2n) is 3.78. The van der Waals surface area contributed by atoms with Gasteiger partial charge in [-0.3, -0.25) is 0 Å². The third-order valence-electron chi connectivity index (χ3n) is 2.70. The molecule has 0 saturated heterocycles. The smallest absolute Gasteiger partial charge is 0.231 e. The summed E-state index contributed by atoms with van der Waals surface area (Å²) in [7, 11) is 0. The lowest BCUT2D eigenvalue weighted by molar-refractivity contribution is 0.0646. The average molecular weight is 203 g/mol. The Bertz CT molecular complexity index is 380. The Morgan fingerprint density at radius 2 is 2.40 bits per heavy atom. The van der Waals surface area contributed by atoms with Gasteiger partial charge in [0, 0.05) is 6.20 Å². The summed E-state index contributed by atoms with van der Waals surface area (Å²) in [5, 5.41) is 8.83. The Morgan fingerprint density at radius 1 is 1.60 bits per heavy atom. The zero-order chi connectivity index (χ0) is 10.7. The molecule has 0 spiro atoms. The van der Waals surface area contributed by atoms with E-state index < -0.39 is 0 Å². The van der Waals surface area contributed by atoms with Crippen molar-refractivity contribution in [2.24, 2.45) is 11.7 Å². The van der Waals surface area contributed by atoms with Crippen molar-refractivity contribution < 1.29 is 4.74 Å². The number of rotatable bonds is 3. The quantitative estimate of drug-likeness (QED) is 0.797. The molecule has 0 unspecified atom stereocenters. The van der Waals surface area contributed by atoms with Crippen LogP contribution in [0, 0.1) is 17.2 Å². The van der Waals surface area contributed by atoms with Gasteiger partial charge < -0.3 is 10.5 Å². The van der Waals surface area contributed by atoms with Gasteiger partial charge in [0.1, 0.15) is 17.7 Å². The molecule has 2 rings (SSSR count). The van der Waals surface area contributed by atoms with Gasteiger partial charge in [-0.05, 0) is 37.4 Å². The van der Waals surface area contributed by atoms with Crippen LogP contribution in [0.25, 0.3) is 0 Å². The summed E-state index contributed by atoms with van der Waals surface area (Å²) in [6.45, 7) is 0.715. The third-order valence-corrected chi connectivity index (χ3v) is 2.70. The highest BCUT2D eigenvalue weighted by molar-refractivity contribution is 5.37. The number of ether oxygens (including phenoxy) is 1. The Hall–Kier alpha value is -1.60. The molecule has 0 amide bonds. The summed E-state index contributed by atoms with van der Waals surface area (Å²) in [5.74, 6) is 1.02. The summed E-state index contributed by atoms with van der Waals surface area (Å²) < 4.78 is 5.62. The monoisotopic (exact) mass is 203 g/mol. The van der Waals surface area contributed by atoms with Gasteiger partial charge in [0.05, 0.1) is 0 Å². The van der Waals surface area contributed by atoms with Crippen LogP contribution in [-0.4, -0.2) is 17.6 Å². The molecule has 15 heavy (non-hydrogen) atoms. The van der Waals surface area contributed by atoms with E-state index in [1.807, 2.05) is 0 Å². The molecule has 1 fully saturated rings. The molecule has 1 aromatic heterocycles. The Kier molecular flexibility index (Phi) is 2.84. The minimum atomic E-state index is 0.181. The van der Waals surface area contributed by atoms with Crippen LogP contribution in [0.4, 0.5) is 0 Å². The molecule has 0 aromatic carbocycles. The van der Waals surface area contributed by atoms with E-state index in [0.29, 0.717) is 23.9 Å². The first-order valence-electron chi connectivity index (χ1n) is 5.05. The topological polar surface area (TPSA) is 71.9 Å². The van der Waals surface area contributed by atoms with Crippen molar-refractivity contribution in [3.8, 4) is 11.9 Å². The van der Waals surface area contributed by atoms with E-state index in [1.165, 1.54) is 0 Å². The SMILES string of the molecule is N#Cc1cccnc1OC1CC(CN)C1. The number of hydrogen-bond donors (Lipinski definition) is 1. The predicted molar refractivity (Wildman–Crippen MR) is 55.1 cm³/mol. The number of aromatic nitrogens is 1. The van der Waals surface area contributed by atoms with Crippen LogP contribution in [0.5, 0.6) is 5.88 Å². The highest BCUT2D eigenvalue weighted by Crippen LogP contribution is 2.30. The van der Waals surface area contributed by atoms with Gasteiger partial charge in [-0.1, -0.05) is 0 Å². The van der Waals surface area contributed by atoms with Crippen LogP contribution in [0.2, 0.25) is 0 Å². The molecular formula is C11H13N3O. The van der Waals surface area contributed by atoms with E-state index in [2.05, 4.69) is 11.1 Å². The van der Waals surface area contributed by atoms with Crippen LogP contribution in [-0.2, 0) is 0 Å². The van der Waals surface area contributed by atoms with Gasteiger partial charge in [0.2, 0.25) is 5.88 Å². The largest absolute Gasteiger partial charge is 0.473 e. The van der Waals surface area contributed by atoms with Crippen LogP contribution < -0.4 is 10.5 Å². The van der Waals surface area contributed by atoms with Crippen LogP contribution in [0.15, 0.2) is 18.3 Å². The molecule has 1 aliphatic rings. The zero-order valence-corrected chi connectivity index (χ0v) is 8.39. The molecule has 0 radical (unpaired) electrons. The molecule has 78 valence electrons. The fourth-order valence-electron chi connectivity index (χ4n) is 1.69. The first-order valence-corrected chi connectivity index (χ1v) is 5.05. The third kappa shape index (κ3) is 2.08. The van der Waals surface area contributed by atoms with E-state index in [4.69, 9.17) is 15.7 Å². The maximum atomic E-state index is 8.83. The summed E-state index contributed by atoms with van der Waals surface area (Å²) in [4.78, 5) is 4.05. The lowest BCUT2D eigenvalue weighted by atomic mass is 9.82. The maximum Gasteiger partial charge on any atom is 0.231 e. The van der Waals surface area contributed by atoms with Gasteiger partial charge in [-0.25, -0.2) is 4.98 Å². The normalized spacial score (nSPS) is 24.0. The first-order chi connectivity index (χ1) is 7.33. The van der Waals surface area contributed by atoms with E-state index in [-0.39, 0.29) is 6.10 Å². The van der Waals surface area contributed by atoms with E-state index in [1.54, 1.807) is 18.3 Å². The molecule has 1 aliphatic carbocycles. The van der Waals surface area contributed by atoms with E-state index in [0.717, 1.165) is 12.8 Å². The van der Waals surface area contributed by atoms with E-state index >= 15 is 0 Å². The van der Waals surface area contributed by atoms with Crippen molar-refractivity contribution >= 4 is 0 Å². The molecule has 0 aliphatic heterocycles. The molecule has 1 heterocycles. The predicted octanol–water partition coefficient (Wildman–Crippen LogP) is 1.07. The van der Waals surface area contributed by atoms with Gasteiger partial charge >= 0.3 is 0 Å². The lowest BCUT2D eigenvalue weighted by Crippen LogP contribution is -2.38. The second kappa shape index (κ2) is 4.28. The summed E-state index contributed by atoms with van der Waals surface area (Å²) in [6.07, 6.45) is 3.76. The molecule has 0 bridgehead atoms. The maximum absolute atomic E-state index is 8.83. The molecule has 4 nitrogen and oxygen atoms in total. The molecule has 2 N–H and O–H groups in total. The molecule has 1 aromatic rings. The minimum Gasteiger partial charge on any atom is -0.473 e. The highest BCUT2D eigenvalue weighted by Gasteiger charge is 2.30. The molecular weight excluding hydrogens is 190 g/mol. The van der Waals surface area contributed by atoms with Crippen molar-refractivity contribution in [2.45, 2.75) is 18.9 Å². The lowest BCUT2D eigenvalue weighted by Gasteiger charge is -2.34. The van der Waals surface area contributed by atoms with Crippen LogP contribution >= 0.6 is 0 Å². The number of pyridine rings is 1. The number of hydrogen-bond acceptors (Lipinski definition) is 4. The summed E-state index contributed by atoms with van der Waals surface area (Å²) >= 11 is 0. The zero-order valence-electron chi connectivity index (χ0n) is 8.39. The highest BCUT2D eigenvalue weighted by atomic mass is 16.5. The Morgan fingerprint density at radius 3 is 3.07 bits per heavy atom. The summed E-state index contributed by atoms with van der Waals surface area (Å²) in [6, 6.07) is 5.50. The van der Waals surface area contributed by atoms with Crippen molar-refractivity contribution in [1.29, 1.82) is 5.26 Å². The van der Waals surface area contributed by atoms with Crippen molar-refractivity contribution in [2.75, 3.05) is 6.54 Å². The van der Waals surface area contributed by atoms with Crippen molar-refractivity contribution in [3.05, 3.63) is 23.9 Å². The van der Waals surface area contributed by atoms with Crippen LogP contribution in [0.1, 0.15) is 18.4 Å². The minimum absolute atomic E-state index is 0.181. The number of nitriles is 1. The van der Waals surface area contributed by atoms with E-state index in [9.17, 15) is 0 Å². The Labute approximate surface area is 88.7 Å². The molecule has 0 atom stereocenters. The fourth-order valence-corrected chi connectivity index (χ4v) is 1.69. The van der Waals surface area contributed by atoms with Gasteiger partial charge in [0.15, 0.2) is 0 Å². The van der Waals surface area contributed by atoms with Gasteiger partial charge in [-0.15, -0.1) is 0 Å². The van der Waals surface area contributed by atoms with Crippen molar-refractivity contribution in [3.63, 3.8) is 0 Å². The number of nitrogens with two attached hydrogens (primary N) is 1. The molecule has 1 saturated carbocycles. The molecule has 4 heteroatoms. The standard InChI is InChI=1S/C11H13N3O/c12-6-8-4-10(5-8)15-11-9(7-13)2-1-3-14-11/h1-3,8,10H,4-6,12H2. The fraction of sp³-hybridized carbons (Fsp3) is 0.455. The average Bonchev–Trinajstić information content (AvgIpc) is 2.23. The number of nitrogens with zero attached hydrogens (tertiary/aromatic N) is 2. The first kappa shape index (κ1) is 9.94. The Balaban J connectivity index is 1.97. The second-order valence-corrected chi connectivity index (χ2v) is 3.78. The van der Waals surface area contributed by atoms with Gasteiger partial charge in [0.25, 0.3) is 0 Å². The summed E-state index contributed by atoms with van der Waals surface area (Å²) in [5.41, 5.74) is 6.02. The van der Waals surface area contributed by atoms with Crippen molar-refractivity contribution in [1.82, 2.24) is 4.98 Å². The van der Waals surface area contributed by atoms with Gasteiger partial charge in [-0.2, -0.15) is 5.26 Å². The van der Waals surface area contributed by atoms with Crippen LogP contribution in [0.3, 0.4) is 0 Å².